The van der Waals surface area contributed by atoms with E-state index in [0.29, 0.717) is 11.3 Å². The van der Waals surface area contributed by atoms with Crippen molar-refractivity contribution in [3.05, 3.63) is 29.8 Å². The van der Waals surface area contributed by atoms with Gasteiger partial charge >= 0.3 is 5.97 Å². The van der Waals surface area contributed by atoms with Gasteiger partial charge in [-0.15, -0.1) is 0 Å². The number of esters is 1. The fourth-order valence-corrected chi connectivity index (χ4v) is 1.16. The van der Waals surface area contributed by atoms with Gasteiger partial charge in [-0.1, -0.05) is 13.8 Å². The van der Waals surface area contributed by atoms with Crippen LogP contribution in [0.15, 0.2) is 24.3 Å². The fraction of sp³-hybridized carbons (Fsp3) is 0.333. The zero-order valence-corrected chi connectivity index (χ0v) is 9.95. The predicted octanol–water partition coefficient (Wildman–Crippen LogP) is 3.02. The molecule has 0 aliphatic rings. The molecule has 3 nitrogen and oxygen atoms in total. The van der Waals surface area contributed by atoms with E-state index in [0.717, 1.165) is 6.42 Å². The van der Waals surface area contributed by atoms with Crippen LogP contribution in [0.25, 0.3) is 0 Å². The number of hydrogen-bond donors (Lipinski definition) is 0. The highest BCUT2D eigenvalue weighted by Gasteiger charge is 2.13. The lowest BCUT2D eigenvalue weighted by Crippen LogP contribution is -2.16. The Morgan fingerprint density at radius 3 is 2.31 bits per heavy atom. The summed E-state index contributed by atoms with van der Waals surface area (Å²) in [5.41, 5.74) is 0.380. The van der Waals surface area contributed by atoms with Gasteiger partial charge in [-0.3, -0.25) is 9.59 Å². The molecule has 0 N–H and O–H groups in total. The Hall–Kier alpha value is -1.35. The van der Waals surface area contributed by atoms with E-state index in [1.807, 2.05) is 6.92 Å². The molecule has 0 bridgehead atoms. The van der Waals surface area contributed by atoms with E-state index in [-0.39, 0.29) is 11.9 Å². The maximum Gasteiger partial charge on any atom is 0.314 e. The first-order valence-electron chi connectivity index (χ1n) is 5.06. The zero-order valence-electron chi connectivity index (χ0n) is 9.20. The number of ether oxygens (including phenoxy) is 1. The lowest BCUT2D eigenvalue weighted by Gasteiger charge is -2.08. The highest BCUT2D eigenvalue weighted by Crippen LogP contribution is 2.15. The summed E-state index contributed by atoms with van der Waals surface area (Å²) in [5, 5.41) is -0.528. The molecule has 86 valence electrons. The van der Waals surface area contributed by atoms with Gasteiger partial charge in [-0.05, 0) is 42.3 Å². The van der Waals surface area contributed by atoms with Gasteiger partial charge in [0.15, 0.2) is 0 Å². The van der Waals surface area contributed by atoms with E-state index >= 15 is 0 Å². The highest BCUT2D eigenvalue weighted by atomic mass is 35.5. The number of rotatable bonds is 4. The van der Waals surface area contributed by atoms with Gasteiger partial charge in [0.25, 0.3) is 5.24 Å². The van der Waals surface area contributed by atoms with Crippen molar-refractivity contribution in [2.24, 2.45) is 5.92 Å². The van der Waals surface area contributed by atoms with Gasteiger partial charge in [0.1, 0.15) is 5.75 Å². The average Bonchev–Trinajstić information content (AvgIpc) is 2.28. The first kappa shape index (κ1) is 12.7. The third-order valence-corrected chi connectivity index (χ3v) is 2.53. The van der Waals surface area contributed by atoms with Gasteiger partial charge in [0.2, 0.25) is 0 Å². The van der Waals surface area contributed by atoms with Crippen LogP contribution >= 0.6 is 11.6 Å². The van der Waals surface area contributed by atoms with E-state index in [1.165, 1.54) is 12.1 Å². The third-order valence-electron chi connectivity index (χ3n) is 2.31. The van der Waals surface area contributed by atoms with Crippen LogP contribution in [-0.2, 0) is 4.79 Å². The van der Waals surface area contributed by atoms with Crippen LogP contribution in [0.5, 0.6) is 5.75 Å². The Labute approximate surface area is 99.4 Å². The molecule has 0 saturated carbocycles. The molecule has 1 aromatic rings. The number of carbonyl (C=O) groups is 2. The third kappa shape index (κ3) is 3.35. The molecule has 1 atom stereocenters. The standard InChI is InChI=1S/C12H13ClO3/c1-3-8(2)12(15)16-10-6-4-9(5-7-10)11(13)14/h4-8H,3H2,1-2H3. The molecule has 0 saturated heterocycles. The maximum atomic E-state index is 11.4. The largest absolute Gasteiger partial charge is 0.426 e. The molecule has 0 fully saturated rings. The second-order valence-corrected chi connectivity index (χ2v) is 3.87. The SMILES string of the molecule is CCC(C)C(=O)Oc1ccc(C(=O)Cl)cc1. The summed E-state index contributed by atoms with van der Waals surface area (Å²) in [4.78, 5) is 22.2. The summed E-state index contributed by atoms with van der Waals surface area (Å²) < 4.78 is 5.11. The summed E-state index contributed by atoms with van der Waals surface area (Å²) in [5.74, 6) is 0.0220. The van der Waals surface area contributed by atoms with Gasteiger partial charge in [0.05, 0.1) is 5.92 Å². The molecule has 16 heavy (non-hydrogen) atoms. The second kappa shape index (κ2) is 5.66. The molecule has 0 aliphatic heterocycles. The summed E-state index contributed by atoms with van der Waals surface area (Å²) >= 11 is 5.29. The minimum absolute atomic E-state index is 0.130. The number of hydrogen-bond acceptors (Lipinski definition) is 3. The monoisotopic (exact) mass is 240 g/mol. The Kier molecular flexibility index (Phi) is 4.50. The van der Waals surface area contributed by atoms with Crippen molar-refractivity contribution in [3.8, 4) is 5.75 Å². The molecule has 0 aliphatic carbocycles. The van der Waals surface area contributed by atoms with Crippen molar-refractivity contribution in [2.75, 3.05) is 0 Å². The topological polar surface area (TPSA) is 43.4 Å². The van der Waals surface area contributed by atoms with Gasteiger partial charge < -0.3 is 4.74 Å². The van der Waals surface area contributed by atoms with E-state index < -0.39 is 5.24 Å². The molecular weight excluding hydrogens is 228 g/mol. The Bertz CT molecular complexity index is 384. The van der Waals surface area contributed by atoms with Crippen LogP contribution in [0.1, 0.15) is 30.6 Å². The van der Waals surface area contributed by atoms with Crippen molar-refractivity contribution < 1.29 is 14.3 Å². The Morgan fingerprint density at radius 1 is 1.31 bits per heavy atom. The normalized spacial score (nSPS) is 11.9. The van der Waals surface area contributed by atoms with Crippen molar-refractivity contribution in [2.45, 2.75) is 20.3 Å². The quantitative estimate of drug-likeness (QED) is 0.462. The summed E-state index contributed by atoms with van der Waals surface area (Å²) in [7, 11) is 0. The van der Waals surface area contributed by atoms with E-state index in [1.54, 1.807) is 19.1 Å². The molecule has 4 heteroatoms. The van der Waals surface area contributed by atoms with Crippen LogP contribution in [0.3, 0.4) is 0 Å². The van der Waals surface area contributed by atoms with E-state index in [9.17, 15) is 9.59 Å². The fourth-order valence-electron chi connectivity index (χ4n) is 1.04. The van der Waals surface area contributed by atoms with Crippen molar-refractivity contribution in [1.29, 1.82) is 0 Å². The highest BCUT2D eigenvalue weighted by molar-refractivity contribution is 6.67. The molecule has 1 rings (SSSR count). The van der Waals surface area contributed by atoms with Gasteiger partial charge in [-0.25, -0.2) is 0 Å². The van der Waals surface area contributed by atoms with Crippen LogP contribution in [0.4, 0.5) is 0 Å². The van der Waals surface area contributed by atoms with Crippen LogP contribution in [0.2, 0.25) is 0 Å². The summed E-state index contributed by atoms with van der Waals surface area (Å²) in [6.45, 7) is 3.72. The minimum Gasteiger partial charge on any atom is -0.426 e. The van der Waals surface area contributed by atoms with Crippen LogP contribution in [0, 0.1) is 5.92 Å². The number of benzene rings is 1. The van der Waals surface area contributed by atoms with Crippen molar-refractivity contribution in [3.63, 3.8) is 0 Å². The Morgan fingerprint density at radius 2 is 1.88 bits per heavy atom. The molecule has 0 spiro atoms. The van der Waals surface area contributed by atoms with E-state index in [2.05, 4.69) is 0 Å². The molecule has 1 unspecified atom stereocenters. The average molecular weight is 241 g/mol. The minimum atomic E-state index is -0.528. The van der Waals surface area contributed by atoms with Gasteiger partial charge in [0, 0.05) is 5.56 Å². The summed E-state index contributed by atoms with van der Waals surface area (Å²) in [6.07, 6.45) is 0.733. The maximum absolute atomic E-state index is 11.4. The molecular formula is C12H13ClO3. The number of halogens is 1. The predicted molar refractivity (Wildman–Crippen MR) is 61.7 cm³/mol. The Balaban J connectivity index is 2.69. The smallest absolute Gasteiger partial charge is 0.314 e. The van der Waals surface area contributed by atoms with E-state index in [4.69, 9.17) is 16.3 Å². The van der Waals surface area contributed by atoms with Crippen LogP contribution < -0.4 is 4.74 Å². The van der Waals surface area contributed by atoms with Crippen molar-refractivity contribution in [1.82, 2.24) is 0 Å². The van der Waals surface area contributed by atoms with Crippen molar-refractivity contribution >= 4 is 22.8 Å². The molecule has 1 aromatic carbocycles. The lowest BCUT2D eigenvalue weighted by atomic mass is 10.1. The van der Waals surface area contributed by atoms with Gasteiger partial charge in [-0.2, -0.15) is 0 Å². The van der Waals surface area contributed by atoms with Crippen LogP contribution in [-0.4, -0.2) is 11.2 Å². The second-order valence-electron chi connectivity index (χ2n) is 3.53. The molecule has 0 amide bonds. The molecule has 0 aromatic heterocycles. The first-order chi connectivity index (χ1) is 7.54. The molecule has 0 radical (unpaired) electrons. The zero-order chi connectivity index (χ0) is 12.1. The summed E-state index contributed by atoms with van der Waals surface area (Å²) in [6, 6.07) is 6.15. The lowest BCUT2D eigenvalue weighted by molar-refractivity contribution is -0.138. The first-order valence-corrected chi connectivity index (χ1v) is 5.44. The molecule has 0 heterocycles. The number of carbonyl (C=O) groups excluding carboxylic acids is 2.